The largest absolute Gasteiger partial charge is 0.487 e. The highest BCUT2D eigenvalue weighted by Gasteiger charge is 2.18. The van der Waals surface area contributed by atoms with Crippen molar-refractivity contribution >= 4 is 17.6 Å². The van der Waals surface area contributed by atoms with Gasteiger partial charge in [-0.15, -0.1) is 0 Å². The van der Waals surface area contributed by atoms with Crippen molar-refractivity contribution in [2.24, 2.45) is 0 Å². The second-order valence-electron chi connectivity index (χ2n) is 10.6. The SMILES string of the molecule is Cc1c(COc2ccc(CNCC(O)CC(=O)O)c(OCc3cccc(C#N)c3)c2Cl)cccc1-c1ccc2c(c1)OCCO2. The van der Waals surface area contributed by atoms with Crippen molar-refractivity contribution in [1.82, 2.24) is 5.32 Å². The number of hydrogen-bond acceptors (Lipinski definition) is 8. The van der Waals surface area contributed by atoms with E-state index in [9.17, 15) is 15.2 Å². The molecule has 4 aromatic carbocycles. The summed E-state index contributed by atoms with van der Waals surface area (Å²) in [6, 6.07) is 24.8. The molecule has 0 saturated carbocycles. The molecule has 1 heterocycles. The van der Waals surface area contributed by atoms with E-state index in [1.807, 2.05) is 49.4 Å². The van der Waals surface area contributed by atoms with Gasteiger partial charge < -0.3 is 34.5 Å². The van der Waals surface area contributed by atoms with Gasteiger partial charge in [0, 0.05) is 18.7 Å². The Labute approximate surface area is 266 Å². The first-order valence-electron chi connectivity index (χ1n) is 14.5. The third-order valence-electron chi connectivity index (χ3n) is 7.37. The lowest BCUT2D eigenvalue weighted by atomic mass is 9.96. The van der Waals surface area contributed by atoms with Crippen molar-refractivity contribution in [2.45, 2.75) is 39.2 Å². The van der Waals surface area contributed by atoms with E-state index in [0.717, 1.165) is 39.3 Å². The normalized spacial score (nSPS) is 12.7. The molecule has 1 aliphatic heterocycles. The van der Waals surface area contributed by atoms with Crippen LogP contribution in [0.1, 0.15) is 34.2 Å². The number of ether oxygens (including phenoxy) is 4. The van der Waals surface area contributed by atoms with Crippen LogP contribution in [0.3, 0.4) is 0 Å². The average Bonchev–Trinajstić information content (AvgIpc) is 3.04. The Hall–Kier alpha value is -4.75. The minimum atomic E-state index is -1.08. The molecule has 5 rings (SSSR count). The maximum Gasteiger partial charge on any atom is 0.306 e. The molecule has 0 aliphatic carbocycles. The lowest BCUT2D eigenvalue weighted by Gasteiger charge is -2.20. The van der Waals surface area contributed by atoms with Crippen molar-refractivity contribution in [2.75, 3.05) is 19.8 Å². The van der Waals surface area contributed by atoms with E-state index < -0.39 is 12.1 Å². The van der Waals surface area contributed by atoms with Gasteiger partial charge in [-0.2, -0.15) is 5.26 Å². The van der Waals surface area contributed by atoms with Crippen LogP contribution in [0.2, 0.25) is 5.02 Å². The van der Waals surface area contributed by atoms with Crippen molar-refractivity contribution in [3.8, 4) is 40.2 Å². The number of nitrogens with zero attached hydrogens (tertiary/aromatic N) is 1. The summed E-state index contributed by atoms with van der Waals surface area (Å²) in [7, 11) is 0. The summed E-state index contributed by atoms with van der Waals surface area (Å²) in [5.74, 6) is 1.20. The summed E-state index contributed by atoms with van der Waals surface area (Å²) in [5, 5.41) is 31.5. The Morgan fingerprint density at radius 2 is 1.80 bits per heavy atom. The number of rotatable bonds is 13. The van der Waals surface area contributed by atoms with Gasteiger partial charge >= 0.3 is 5.97 Å². The van der Waals surface area contributed by atoms with Gasteiger partial charge in [0.2, 0.25) is 0 Å². The summed E-state index contributed by atoms with van der Waals surface area (Å²) < 4.78 is 23.8. The molecular weight excluding hydrogens is 596 g/mol. The number of aliphatic hydroxyl groups is 1. The Kier molecular flexibility index (Phi) is 10.4. The molecule has 0 aromatic heterocycles. The zero-order valence-electron chi connectivity index (χ0n) is 24.7. The van der Waals surface area contributed by atoms with E-state index in [2.05, 4.69) is 17.5 Å². The van der Waals surface area contributed by atoms with Crippen molar-refractivity contribution < 1.29 is 34.0 Å². The maximum atomic E-state index is 10.9. The number of carboxylic acids is 1. The highest BCUT2D eigenvalue weighted by atomic mass is 35.5. The predicted molar refractivity (Wildman–Crippen MR) is 169 cm³/mol. The number of benzene rings is 4. The zero-order chi connectivity index (χ0) is 31.8. The summed E-state index contributed by atoms with van der Waals surface area (Å²) in [4.78, 5) is 10.9. The number of carbonyl (C=O) groups is 1. The van der Waals surface area contributed by atoms with Gasteiger partial charge in [0.1, 0.15) is 42.9 Å². The highest BCUT2D eigenvalue weighted by molar-refractivity contribution is 6.33. The molecule has 4 aromatic rings. The number of aliphatic hydroxyl groups excluding tert-OH is 1. The van der Waals surface area contributed by atoms with E-state index in [1.54, 1.807) is 24.3 Å². The molecule has 10 heteroatoms. The topological polar surface area (TPSA) is 130 Å². The second-order valence-corrected chi connectivity index (χ2v) is 11.0. The van der Waals surface area contributed by atoms with Crippen LogP contribution in [0.25, 0.3) is 11.1 Å². The van der Waals surface area contributed by atoms with Crippen molar-refractivity contribution in [3.05, 3.63) is 106 Å². The molecule has 0 radical (unpaired) electrons. The van der Waals surface area contributed by atoms with Crippen LogP contribution >= 0.6 is 11.6 Å². The molecule has 0 spiro atoms. The molecule has 232 valence electrons. The Bertz CT molecular complexity index is 1720. The summed E-state index contributed by atoms with van der Waals surface area (Å²) in [6.45, 7) is 3.85. The predicted octanol–water partition coefficient (Wildman–Crippen LogP) is 6.04. The smallest absolute Gasteiger partial charge is 0.306 e. The number of nitriles is 1. The first-order valence-corrected chi connectivity index (χ1v) is 14.8. The van der Waals surface area contributed by atoms with Gasteiger partial charge in [0.25, 0.3) is 0 Å². The first kappa shape index (κ1) is 31.7. The van der Waals surface area contributed by atoms with Crippen LogP contribution in [-0.2, 0) is 24.6 Å². The van der Waals surface area contributed by atoms with Crippen LogP contribution in [0.5, 0.6) is 23.0 Å². The molecule has 9 nitrogen and oxygen atoms in total. The number of carboxylic acid groups (broad SMARTS) is 1. The van der Waals surface area contributed by atoms with Crippen LogP contribution in [0.4, 0.5) is 0 Å². The van der Waals surface area contributed by atoms with Crippen molar-refractivity contribution in [1.29, 1.82) is 5.26 Å². The van der Waals surface area contributed by atoms with E-state index in [0.29, 0.717) is 35.8 Å². The molecule has 1 atom stereocenters. The van der Waals surface area contributed by atoms with Crippen molar-refractivity contribution in [3.63, 3.8) is 0 Å². The Morgan fingerprint density at radius 3 is 2.60 bits per heavy atom. The van der Waals surface area contributed by atoms with E-state index >= 15 is 0 Å². The number of halogens is 1. The molecule has 0 saturated heterocycles. The van der Waals surface area contributed by atoms with Crippen LogP contribution < -0.4 is 24.3 Å². The van der Waals surface area contributed by atoms with Gasteiger partial charge in [-0.25, -0.2) is 0 Å². The molecule has 0 amide bonds. The number of aliphatic carboxylic acids is 1. The van der Waals surface area contributed by atoms with E-state index in [-0.39, 0.29) is 37.7 Å². The lowest BCUT2D eigenvalue weighted by Crippen LogP contribution is -2.28. The third kappa shape index (κ3) is 8.05. The van der Waals surface area contributed by atoms with E-state index in [4.69, 9.17) is 35.7 Å². The van der Waals surface area contributed by atoms with E-state index in [1.165, 1.54) is 0 Å². The van der Waals surface area contributed by atoms with Gasteiger partial charge in [0.05, 0.1) is 24.2 Å². The van der Waals surface area contributed by atoms with Crippen LogP contribution in [0.15, 0.2) is 72.8 Å². The zero-order valence-corrected chi connectivity index (χ0v) is 25.5. The fraction of sp³-hybridized carbons (Fsp3) is 0.257. The minimum absolute atomic E-state index is 0.0742. The van der Waals surface area contributed by atoms with Gasteiger partial charge in [-0.1, -0.05) is 54.1 Å². The Morgan fingerprint density at radius 1 is 1.00 bits per heavy atom. The molecule has 45 heavy (non-hydrogen) atoms. The fourth-order valence-electron chi connectivity index (χ4n) is 5.04. The fourth-order valence-corrected chi connectivity index (χ4v) is 5.33. The standard InChI is InChI=1S/C35H33ClN2O7/c1-22-27(6-3-7-29(22)25-8-10-30-32(15-25)43-13-12-42-30)21-44-31-11-9-26(18-38-19-28(39)16-33(40)41)35(34(31)36)45-20-24-5-2-4-23(14-24)17-37/h2-11,14-15,28,38-39H,12-13,16,18-21H2,1H3,(H,40,41). The van der Waals surface area contributed by atoms with Gasteiger partial charge in [-0.05, 0) is 65.1 Å². The summed E-state index contributed by atoms with van der Waals surface area (Å²) >= 11 is 6.87. The third-order valence-corrected chi connectivity index (χ3v) is 7.73. The Balaban J connectivity index is 1.35. The molecule has 1 unspecified atom stereocenters. The van der Waals surface area contributed by atoms with Crippen LogP contribution in [0, 0.1) is 18.3 Å². The lowest BCUT2D eigenvalue weighted by molar-refractivity contribution is -0.139. The molecular formula is C35H33ClN2O7. The maximum absolute atomic E-state index is 10.9. The van der Waals surface area contributed by atoms with Gasteiger partial charge in [0.15, 0.2) is 11.5 Å². The number of hydrogen-bond donors (Lipinski definition) is 3. The number of nitrogens with one attached hydrogen (secondary N) is 1. The van der Waals surface area contributed by atoms with Gasteiger partial charge in [-0.3, -0.25) is 4.79 Å². The summed E-state index contributed by atoms with van der Waals surface area (Å²) in [5.41, 5.74) is 6.10. The summed E-state index contributed by atoms with van der Waals surface area (Å²) in [6.07, 6.45) is -1.41. The molecule has 3 N–H and O–H groups in total. The first-order chi connectivity index (χ1) is 21.8. The molecule has 0 fully saturated rings. The molecule has 1 aliphatic rings. The highest BCUT2D eigenvalue weighted by Crippen LogP contribution is 2.39. The second kappa shape index (κ2) is 14.8. The monoisotopic (exact) mass is 628 g/mol. The number of fused-ring (bicyclic) bond motifs is 1. The van der Waals surface area contributed by atoms with Crippen LogP contribution in [-0.4, -0.2) is 42.0 Å². The molecule has 0 bridgehead atoms. The average molecular weight is 629 g/mol. The minimum Gasteiger partial charge on any atom is -0.487 e. The quantitative estimate of drug-likeness (QED) is 0.162.